The predicted octanol–water partition coefficient (Wildman–Crippen LogP) is 3.74. The molecule has 2 N–H and O–H groups in total. The molecular weight excluding hydrogens is 503 g/mol. The number of esters is 1. The first-order valence-electron chi connectivity index (χ1n) is 13.0. The minimum atomic E-state index is -4.51. The predicted molar refractivity (Wildman–Crippen MR) is 135 cm³/mol. The Morgan fingerprint density at radius 1 is 1.08 bits per heavy atom. The number of ether oxygens (including phenoxy) is 1. The number of carbonyl (C=O) groups excluding carboxylic acids is 3. The number of hydrogen-bond donors (Lipinski definition) is 2. The minimum Gasteiger partial charge on any atom is -0.463 e. The van der Waals surface area contributed by atoms with Crippen molar-refractivity contribution in [3.05, 3.63) is 46.7 Å². The normalized spacial score (nSPS) is 19.2. The van der Waals surface area contributed by atoms with Gasteiger partial charge < -0.3 is 20.3 Å². The number of nitrogens with zero attached hydrogens (tertiary/aromatic N) is 3. The summed E-state index contributed by atoms with van der Waals surface area (Å²) in [6.07, 6.45) is -2.96. The van der Waals surface area contributed by atoms with Crippen molar-refractivity contribution in [3.8, 4) is 0 Å². The van der Waals surface area contributed by atoms with E-state index >= 15 is 0 Å². The van der Waals surface area contributed by atoms with Gasteiger partial charge in [0.05, 0.1) is 23.8 Å². The Balaban J connectivity index is 1.94. The van der Waals surface area contributed by atoms with Crippen LogP contribution in [0.25, 0.3) is 0 Å². The molecule has 1 atom stereocenters. The van der Waals surface area contributed by atoms with Crippen molar-refractivity contribution in [1.29, 1.82) is 0 Å². The highest BCUT2D eigenvalue weighted by molar-refractivity contribution is 5.95. The van der Waals surface area contributed by atoms with E-state index in [9.17, 15) is 27.6 Å². The van der Waals surface area contributed by atoms with Crippen LogP contribution in [0.3, 0.4) is 0 Å². The van der Waals surface area contributed by atoms with Crippen LogP contribution in [0.2, 0.25) is 0 Å². The fourth-order valence-corrected chi connectivity index (χ4v) is 4.66. The van der Waals surface area contributed by atoms with Crippen LogP contribution in [0.15, 0.2) is 35.5 Å². The zero-order valence-electron chi connectivity index (χ0n) is 22.1. The van der Waals surface area contributed by atoms with Gasteiger partial charge in [0.25, 0.3) is 0 Å². The van der Waals surface area contributed by atoms with Crippen LogP contribution in [0.5, 0.6) is 0 Å². The van der Waals surface area contributed by atoms with E-state index in [1.165, 1.54) is 17.0 Å². The van der Waals surface area contributed by atoms with Gasteiger partial charge in [-0.15, -0.1) is 0 Å². The maximum absolute atomic E-state index is 13.2. The molecule has 0 aromatic heterocycles. The average Bonchev–Trinajstić information content (AvgIpc) is 3.12. The van der Waals surface area contributed by atoms with Gasteiger partial charge in [0, 0.05) is 51.5 Å². The quantitative estimate of drug-likeness (QED) is 0.491. The van der Waals surface area contributed by atoms with Crippen molar-refractivity contribution in [2.45, 2.75) is 45.8 Å². The van der Waals surface area contributed by atoms with Crippen LogP contribution in [0.4, 0.5) is 22.8 Å². The van der Waals surface area contributed by atoms with Gasteiger partial charge in [0.2, 0.25) is 0 Å². The van der Waals surface area contributed by atoms with Gasteiger partial charge in [-0.1, -0.05) is 19.1 Å². The molecule has 38 heavy (non-hydrogen) atoms. The fraction of sp³-hybridized carbons (Fsp3) is 0.577. The van der Waals surface area contributed by atoms with Gasteiger partial charge in [-0.2, -0.15) is 13.2 Å². The molecule has 9 nitrogen and oxygen atoms in total. The third-order valence-electron chi connectivity index (χ3n) is 6.60. The lowest BCUT2D eigenvalue weighted by atomic mass is 9.93. The summed E-state index contributed by atoms with van der Waals surface area (Å²) in [6.45, 7) is 8.89. The molecule has 1 fully saturated rings. The number of rotatable bonds is 8. The van der Waals surface area contributed by atoms with Crippen molar-refractivity contribution in [3.63, 3.8) is 0 Å². The number of carbonyl (C=O) groups is 3. The second-order valence-electron chi connectivity index (χ2n) is 9.18. The highest BCUT2D eigenvalue weighted by Crippen LogP contribution is 2.35. The Bertz CT molecular complexity index is 1030. The number of likely N-dealkylation sites (N-methyl/N-ethyl adjacent to an activating group) is 1. The van der Waals surface area contributed by atoms with Gasteiger partial charge in [0.1, 0.15) is 0 Å². The zero-order chi connectivity index (χ0) is 27.9. The third kappa shape index (κ3) is 6.97. The first kappa shape index (κ1) is 29.3. The summed E-state index contributed by atoms with van der Waals surface area (Å²) < 4.78 is 44.7. The second-order valence-corrected chi connectivity index (χ2v) is 9.18. The number of nitrogens with one attached hydrogen (secondary N) is 2. The molecule has 0 radical (unpaired) electrons. The highest BCUT2D eigenvalue weighted by atomic mass is 19.4. The third-order valence-corrected chi connectivity index (χ3v) is 6.60. The molecule has 1 aromatic carbocycles. The number of benzene rings is 1. The summed E-state index contributed by atoms with van der Waals surface area (Å²) in [5.41, 5.74) is 0.160. The van der Waals surface area contributed by atoms with Crippen LogP contribution >= 0.6 is 0 Å². The molecule has 3 rings (SSSR count). The lowest BCUT2D eigenvalue weighted by molar-refractivity contribution is -0.139. The van der Waals surface area contributed by atoms with Crippen LogP contribution < -0.4 is 10.6 Å². The summed E-state index contributed by atoms with van der Waals surface area (Å²) in [7, 11) is 0. The minimum absolute atomic E-state index is 0.0982. The van der Waals surface area contributed by atoms with Crippen LogP contribution in [0.1, 0.15) is 50.8 Å². The van der Waals surface area contributed by atoms with Crippen molar-refractivity contribution in [2.75, 3.05) is 52.4 Å². The van der Waals surface area contributed by atoms with Gasteiger partial charge >= 0.3 is 24.2 Å². The standard InChI is InChI=1S/C26H36F3N5O4/c1-4-12-30-24(36)33-14-7-13-32(15-16-33)17-20-21(23(35)38-6-3)22(31-25(37)34(20)5-2)18-8-10-19(11-9-18)26(27,28)29/h8-11,22H,4-7,12-17H2,1-3H3,(H,30,36)(H,31,37)/t22-/m0/s1. The van der Waals surface area contributed by atoms with E-state index in [1.54, 1.807) is 18.7 Å². The Hall–Kier alpha value is -3.28. The van der Waals surface area contributed by atoms with Crippen molar-refractivity contribution < 1.29 is 32.3 Å². The molecular formula is C26H36F3N5O4. The first-order chi connectivity index (χ1) is 18.1. The molecule has 1 aromatic rings. The van der Waals surface area contributed by atoms with Crippen molar-refractivity contribution in [2.24, 2.45) is 0 Å². The summed E-state index contributed by atoms with van der Waals surface area (Å²) in [5, 5.41) is 5.66. The monoisotopic (exact) mass is 539 g/mol. The summed E-state index contributed by atoms with van der Waals surface area (Å²) in [6, 6.07) is 2.87. The van der Waals surface area contributed by atoms with E-state index in [1.807, 2.05) is 6.92 Å². The molecule has 0 aliphatic carbocycles. The Morgan fingerprint density at radius 2 is 1.79 bits per heavy atom. The number of hydrogen-bond acceptors (Lipinski definition) is 5. The molecule has 0 unspecified atom stereocenters. The molecule has 2 aliphatic rings. The lowest BCUT2D eigenvalue weighted by Gasteiger charge is -2.38. The molecule has 2 aliphatic heterocycles. The Labute approximate surface area is 221 Å². The molecule has 0 bridgehead atoms. The van der Waals surface area contributed by atoms with Gasteiger partial charge in [0.15, 0.2) is 0 Å². The number of urea groups is 2. The number of halogens is 3. The van der Waals surface area contributed by atoms with E-state index in [-0.39, 0.29) is 31.3 Å². The lowest BCUT2D eigenvalue weighted by Crippen LogP contribution is -2.51. The number of amides is 4. The summed E-state index contributed by atoms with van der Waals surface area (Å²) >= 11 is 0. The maximum Gasteiger partial charge on any atom is 0.416 e. The molecule has 210 valence electrons. The molecule has 1 saturated heterocycles. The van der Waals surface area contributed by atoms with E-state index < -0.39 is 29.8 Å². The van der Waals surface area contributed by atoms with Crippen molar-refractivity contribution in [1.82, 2.24) is 25.3 Å². The molecule has 4 amide bonds. The SMILES string of the molecule is CCCNC(=O)N1CCCN(CC2=C(C(=O)OCC)[C@H](c3ccc(C(F)(F)F)cc3)NC(=O)N2CC)CC1. The molecule has 0 spiro atoms. The molecule has 12 heteroatoms. The van der Waals surface area contributed by atoms with Gasteiger partial charge in [-0.3, -0.25) is 9.80 Å². The van der Waals surface area contributed by atoms with Crippen LogP contribution in [-0.2, 0) is 15.7 Å². The smallest absolute Gasteiger partial charge is 0.416 e. The van der Waals surface area contributed by atoms with Crippen LogP contribution in [-0.4, -0.2) is 85.2 Å². The fourth-order valence-electron chi connectivity index (χ4n) is 4.66. The van der Waals surface area contributed by atoms with Crippen LogP contribution in [0, 0.1) is 0 Å². The summed E-state index contributed by atoms with van der Waals surface area (Å²) in [5.74, 6) is -0.638. The molecule has 2 heterocycles. The average molecular weight is 540 g/mol. The van der Waals surface area contributed by atoms with Gasteiger partial charge in [-0.05, 0) is 44.4 Å². The van der Waals surface area contributed by atoms with E-state index in [0.717, 1.165) is 18.6 Å². The van der Waals surface area contributed by atoms with Crippen molar-refractivity contribution >= 4 is 18.0 Å². The topological polar surface area (TPSA) is 94.2 Å². The van der Waals surface area contributed by atoms with Gasteiger partial charge in [-0.25, -0.2) is 14.4 Å². The zero-order valence-corrected chi connectivity index (χ0v) is 22.1. The van der Waals surface area contributed by atoms with E-state index in [0.29, 0.717) is 50.4 Å². The first-order valence-corrected chi connectivity index (χ1v) is 13.0. The Kier molecular flexibility index (Phi) is 10.0. The largest absolute Gasteiger partial charge is 0.463 e. The van der Waals surface area contributed by atoms with E-state index in [4.69, 9.17) is 4.74 Å². The highest BCUT2D eigenvalue weighted by Gasteiger charge is 2.39. The number of alkyl halides is 3. The molecule has 0 saturated carbocycles. The second kappa shape index (κ2) is 13.0. The summed E-state index contributed by atoms with van der Waals surface area (Å²) in [4.78, 5) is 44.0. The maximum atomic E-state index is 13.2. The Morgan fingerprint density at radius 3 is 2.39 bits per heavy atom. The van der Waals surface area contributed by atoms with E-state index in [2.05, 4.69) is 15.5 Å².